The van der Waals surface area contributed by atoms with Crippen molar-refractivity contribution < 1.29 is 15.2 Å². The summed E-state index contributed by atoms with van der Waals surface area (Å²) in [5.74, 6) is -0.375. The van der Waals surface area contributed by atoms with Crippen LogP contribution in [0.3, 0.4) is 0 Å². The van der Waals surface area contributed by atoms with E-state index in [1.165, 1.54) is 0 Å². The Morgan fingerprint density at radius 1 is 1.60 bits per heavy atom. The average Bonchev–Trinajstić information content (AvgIpc) is 1.99. The van der Waals surface area contributed by atoms with E-state index in [2.05, 4.69) is 10.3 Å². The van der Waals surface area contributed by atoms with Crippen molar-refractivity contribution in [3.05, 3.63) is 0 Å². The van der Waals surface area contributed by atoms with E-state index in [0.29, 0.717) is 0 Å². The molecule has 0 aromatic heterocycles. The Labute approximate surface area is 57.6 Å². The first-order chi connectivity index (χ1) is 4.76. The fourth-order valence-corrected chi connectivity index (χ4v) is 0.389. The number of nitrogens with zero attached hydrogens (tertiary/aromatic N) is 2. The molecule has 0 heterocycles. The second kappa shape index (κ2) is 4.49. The first-order valence-electron chi connectivity index (χ1n) is 2.69. The van der Waals surface area contributed by atoms with E-state index in [-0.39, 0.29) is 17.9 Å². The predicted octanol–water partition coefficient (Wildman–Crippen LogP) is 0.256. The van der Waals surface area contributed by atoms with Gasteiger partial charge in [0, 0.05) is 6.42 Å². The maximum atomic E-state index is 10.6. The van der Waals surface area contributed by atoms with Crippen molar-refractivity contribution >= 4 is 17.7 Å². The third-order valence-electron chi connectivity index (χ3n) is 0.895. The number of oxime groups is 2. The summed E-state index contributed by atoms with van der Waals surface area (Å²) in [7, 11) is 0. The molecule has 0 fully saturated rings. The average molecular weight is 144 g/mol. The van der Waals surface area contributed by atoms with Gasteiger partial charge in [0.05, 0.1) is 6.21 Å². The molecule has 0 rings (SSSR count). The van der Waals surface area contributed by atoms with Crippen molar-refractivity contribution in [2.45, 2.75) is 13.3 Å². The lowest BCUT2D eigenvalue weighted by Gasteiger charge is -1.89. The Kier molecular flexibility index (Phi) is 3.86. The zero-order chi connectivity index (χ0) is 7.98. The molecule has 0 bridgehead atoms. The molecular formula is C5H8N2O3. The van der Waals surface area contributed by atoms with Crippen molar-refractivity contribution in [3.8, 4) is 0 Å². The standard InChI is InChI=1S/C5H8N2O3/c1-2-5(8)4(7-10)3-6-9/h3,9-10H,2H2,1H3. The number of hydrogen-bond donors (Lipinski definition) is 2. The Morgan fingerprint density at radius 3 is 2.50 bits per heavy atom. The largest absolute Gasteiger partial charge is 0.411 e. The van der Waals surface area contributed by atoms with Gasteiger partial charge in [0.1, 0.15) is 0 Å². The highest BCUT2D eigenvalue weighted by Gasteiger charge is 2.05. The van der Waals surface area contributed by atoms with E-state index in [4.69, 9.17) is 10.4 Å². The molecule has 0 saturated carbocycles. The summed E-state index contributed by atoms with van der Waals surface area (Å²) >= 11 is 0. The van der Waals surface area contributed by atoms with Crippen LogP contribution >= 0.6 is 0 Å². The summed E-state index contributed by atoms with van der Waals surface area (Å²) in [5, 5.41) is 21.2. The van der Waals surface area contributed by atoms with Gasteiger partial charge in [-0.3, -0.25) is 4.79 Å². The van der Waals surface area contributed by atoms with Crippen LogP contribution in [0.2, 0.25) is 0 Å². The van der Waals surface area contributed by atoms with Gasteiger partial charge >= 0.3 is 0 Å². The van der Waals surface area contributed by atoms with Gasteiger partial charge in [-0.05, 0) is 0 Å². The van der Waals surface area contributed by atoms with Gasteiger partial charge in [-0.25, -0.2) is 0 Å². The van der Waals surface area contributed by atoms with Crippen molar-refractivity contribution in [2.24, 2.45) is 10.3 Å². The molecular weight excluding hydrogens is 136 g/mol. The van der Waals surface area contributed by atoms with Gasteiger partial charge in [-0.2, -0.15) is 0 Å². The zero-order valence-electron chi connectivity index (χ0n) is 5.48. The molecule has 0 amide bonds. The van der Waals surface area contributed by atoms with Gasteiger partial charge in [-0.15, -0.1) is 0 Å². The number of ketones is 1. The molecule has 0 aliphatic rings. The maximum Gasteiger partial charge on any atom is 0.186 e. The van der Waals surface area contributed by atoms with Crippen molar-refractivity contribution in [1.29, 1.82) is 0 Å². The van der Waals surface area contributed by atoms with Crippen LogP contribution in [0.15, 0.2) is 10.3 Å². The summed E-state index contributed by atoms with van der Waals surface area (Å²) in [6.07, 6.45) is 0.997. The van der Waals surface area contributed by atoms with E-state index in [1.807, 2.05) is 0 Å². The molecule has 0 aromatic carbocycles. The van der Waals surface area contributed by atoms with Crippen LogP contribution in [-0.2, 0) is 4.79 Å². The summed E-state index contributed by atoms with van der Waals surface area (Å²) in [6.45, 7) is 1.61. The lowest BCUT2D eigenvalue weighted by Crippen LogP contribution is -2.13. The molecule has 0 aromatic rings. The Hall–Kier alpha value is -1.39. The summed E-state index contributed by atoms with van der Waals surface area (Å²) in [6, 6.07) is 0. The van der Waals surface area contributed by atoms with Crippen LogP contribution in [0, 0.1) is 0 Å². The molecule has 0 radical (unpaired) electrons. The smallest absolute Gasteiger partial charge is 0.186 e. The van der Waals surface area contributed by atoms with Crippen LogP contribution in [0.1, 0.15) is 13.3 Å². The first kappa shape index (κ1) is 8.61. The first-order valence-corrected chi connectivity index (χ1v) is 2.69. The van der Waals surface area contributed by atoms with Gasteiger partial charge in [0.25, 0.3) is 0 Å². The number of hydrogen-bond acceptors (Lipinski definition) is 5. The second-order valence-corrected chi connectivity index (χ2v) is 1.51. The highest BCUT2D eigenvalue weighted by Crippen LogP contribution is 1.83. The molecule has 0 atom stereocenters. The van der Waals surface area contributed by atoms with Gasteiger partial charge < -0.3 is 10.4 Å². The zero-order valence-corrected chi connectivity index (χ0v) is 5.48. The lowest BCUT2D eigenvalue weighted by atomic mass is 10.2. The molecule has 2 N–H and O–H groups in total. The predicted molar refractivity (Wildman–Crippen MR) is 34.8 cm³/mol. The van der Waals surface area contributed by atoms with Crippen LogP contribution < -0.4 is 0 Å². The maximum absolute atomic E-state index is 10.6. The van der Waals surface area contributed by atoms with Crippen LogP contribution in [0.25, 0.3) is 0 Å². The van der Waals surface area contributed by atoms with E-state index in [0.717, 1.165) is 6.21 Å². The molecule has 5 heteroatoms. The van der Waals surface area contributed by atoms with Crippen molar-refractivity contribution in [2.75, 3.05) is 0 Å². The molecule has 0 saturated heterocycles. The molecule has 0 unspecified atom stereocenters. The molecule has 5 nitrogen and oxygen atoms in total. The van der Waals surface area contributed by atoms with Gasteiger partial charge in [0.2, 0.25) is 0 Å². The highest BCUT2D eigenvalue weighted by molar-refractivity contribution is 6.61. The molecule has 10 heavy (non-hydrogen) atoms. The van der Waals surface area contributed by atoms with Crippen LogP contribution in [0.5, 0.6) is 0 Å². The quantitative estimate of drug-likeness (QED) is 0.338. The Balaban J connectivity index is 4.23. The number of carbonyl (C=O) groups excluding carboxylic acids is 1. The summed E-state index contributed by atoms with van der Waals surface area (Å²) in [4.78, 5) is 10.6. The van der Waals surface area contributed by atoms with E-state index in [9.17, 15) is 4.79 Å². The fourth-order valence-electron chi connectivity index (χ4n) is 0.389. The monoisotopic (exact) mass is 144 g/mol. The van der Waals surface area contributed by atoms with E-state index in [1.54, 1.807) is 6.92 Å². The normalized spacial score (nSPS) is 12.3. The summed E-state index contributed by atoms with van der Waals surface area (Å²) in [5.41, 5.74) is -0.245. The molecule has 56 valence electrons. The van der Waals surface area contributed by atoms with Gasteiger partial charge in [0.15, 0.2) is 11.5 Å². The number of carbonyl (C=O) groups is 1. The minimum Gasteiger partial charge on any atom is -0.411 e. The Morgan fingerprint density at radius 2 is 2.20 bits per heavy atom. The third-order valence-corrected chi connectivity index (χ3v) is 0.895. The van der Waals surface area contributed by atoms with E-state index >= 15 is 0 Å². The third kappa shape index (κ3) is 2.25. The van der Waals surface area contributed by atoms with Crippen LogP contribution in [-0.4, -0.2) is 28.1 Å². The number of rotatable bonds is 3. The lowest BCUT2D eigenvalue weighted by molar-refractivity contribution is -0.112. The minimum atomic E-state index is -0.375. The molecule has 0 aliphatic heterocycles. The second-order valence-electron chi connectivity index (χ2n) is 1.51. The topological polar surface area (TPSA) is 82.2 Å². The SMILES string of the molecule is CCC(=O)C(C=NO)=NO. The molecule has 0 spiro atoms. The van der Waals surface area contributed by atoms with Gasteiger partial charge in [-0.1, -0.05) is 17.2 Å². The molecule has 0 aliphatic carbocycles. The minimum absolute atomic E-state index is 0.214. The van der Waals surface area contributed by atoms with Crippen molar-refractivity contribution in [3.63, 3.8) is 0 Å². The van der Waals surface area contributed by atoms with E-state index < -0.39 is 0 Å². The number of Topliss-reactive ketones (excluding diaryl/α,β-unsaturated/α-hetero) is 1. The highest BCUT2D eigenvalue weighted by atomic mass is 16.4. The van der Waals surface area contributed by atoms with Crippen molar-refractivity contribution in [1.82, 2.24) is 0 Å². The van der Waals surface area contributed by atoms with Crippen LogP contribution in [0.4, 0.5) is 0 Å². The fraction of sp³-hybridized carbons (Fsp3) is 0.400. The Bertz CT molecular complexity index is 174. The summed E-state index contributed by atoms with van der Waals surface area (Å²) < 4.78 is 0.